The molecule has 0 aromatic heterocycles. The number of anilines is 1. The number of urea groups is 1. The highest BCUT2D eigenvalue weighted by molar-refractivity contribution is 5.97. The molecule has 1 aliphatic carbocycles. The molecule has 1 aromatic carbocycles. The van der Waals surface area contributed by atoms with E-state index in [2.05, 4.69) is 10.6 Å². The van der Waals surface area contributed by atoms with Crippen LogP contribution >= 0.6 is 0 Å². The van der Waals surface area contributed by atoms with Gasteiger partial charge in [-0.1, -0.05) is 18.9 Å². The lowest BCUT2D eigenvalue weighted by Crippen LogP contribution is -2.51. The highest BCUT2D eigenvalue weighted by Gasteiger charge is 2.34. The Balaban J connectivity index is 2.08. The molecule has 1 fully saturated rings. The van der Waals surface area contributed by atoms with Crippen LogP contribution in [0.1, 0.15) is 36.0 Å². The van der Waals surface area contributed by atoms with Gasteiger partial charge in [0.25, 0.3) is 5.91 Å². The van der Waals surface area contributed by atoms with Crippen LogP contribution in [0.4, 0.5) is 10.5 Å². The maximum Gasteiger partial charge on any atom is 0.321 e. The van der Waals surface area contributed by atoms with Crippen LogP contribution in [0.25, 0.3) is 0 Å². The van der Waals surface area contributed by atoms with Crippen LogP contribution in [0.15, 0.2) is 24.3 Å². The minimum Gasteiger partial charge on any atom is -0.345 e. The van der Waals surface area contributed by atoms with Crippen molar-refractivity contribution in [3.63, 3.8) is 0 Å². The van der Waals surface area contributed by atoms with Crippen molar-refractivity contribution in [3.05, 3.63) is 29.8 Å². The zero-order chi connectivity index (χ0) is 16.2. The van der Waals surface area contributed by atoms with Crippen molar-refractivity contribution in [2.45, 2.75) is 31.2 Å². The Morgan fingerprint density at radius 3 is 2.55 bits per heavy atom. The second-order valence-electron chi connectivity index (χ2n) is 6.05. The summed E-state index contributed by atoms with van der Waals surface area (Å²) in [4.78, 5) is 25.6. The molecule has 22 heavy (non-hydrogen) atoms. The van der Waals surface area contributed by atoms with Crippen LogP contribution < -0.4 is 16.4 Å². The van der Waals surface area contributed by atoms with Crippen LogP contribution in [0, 0.1) is 0 Å². The molecule has 4 N–H and O–H groups in total. The second-order valence-corrected chi connectivity index (χ2v) is 6.05. The van der Waals surface area contributed by atoms with Crippen LogP contribution in [0.3, 0.4) is 0 Å². The van der Waals surface area contributed by atoms with E-state index in [9.17, 15) is 9.59 Å². The van der Waals surface area contributed by atoms with Gasteiger partial charge in [0.2, 0.25) is 0 Å². The number of nitrogens with two attached hydrogens (primary N) is 1. The number of hydrogen-bond donors (Lipinski definition) is 3. The van der Waals surface area contributed by atoms with E-state index in [4.69, 9.17) is 5.73 Å². The van der Waals surface area contributed by atoms with Gasteiger partial charge in [-0.2, -0.15) is 0 Å². The molecule has 0 atom stereocenters. The first kappa shape index (κ1) is 16.3. The van der Waals surface area contributed by atoms with E-state index >= 15 is 0 Å². The summed E-state index contributed by atoms with van der Waals surface area (Å²) in [5.41, 5.74) is 6.69. The van der Waals surface area contributed by atoms with Gasteiger partial charge in [0, 0.05) is 31.9 Å². The Kier molecular flexibility index (Phi) is 5.03. The summed E-state index contributed by atoms with van der Waals surface area (Å²) in [6, 6.07) is 6.69. The van der Waals surface area contributed by atoms with Crippen molar-refractivity contribution in [2.75, 3.05) is 26.0 Å². The molecule has 1 aliphatic rings. The highest BCUT2D eigenvalue weighted by atomic mass is 16.2. The largest absolute Gasteiger partial charge is 0.345 e. The third-order valence-electron chi connectivity index (χ3n) is 4.11. The predicted molar refractivity (Wildman–Crippen MR) is 86.9 cm³/mol. The number of benzene rings is 1. The van der Waals surface area contributed by atoms with E-state index in [1.54, 1.807) is 38.4 Å². The van der Waals surface area contributed by atoms with E-state index in [1.807, 2.05) is 0 Å². The molecule has 120 valence electrons. The molecule has 6 nitrogen and oxygen atoms in total. The number of carbonyl (C=O) groups excluding carboxylic acids is 2. The van der Waals surface area contributed by atoms with Gasteiger partial charge in [-0.15, -0.1) is 0 Å². The summed E-state index contributed by atoms with van der Waals surface area (Å²) in [5, 5.41) is 5.81. The van der Waals surface area contributed by atoms with Crippen molar-refractivity contribution >= 4 is 17.6 Å². The molecule has 2 rings (SSSR count). The number of amides is 3. The maximum absolute atomic E-state index is 12.4. The number of nitrogens with zero attached hydrogens (tertiary/aromatic N) is 1. The normalized spacial score (nSPS) is 16.1. The average Bonchev–Trinajstić information content (AvgIpc) is 2.96. The molecule has 0 bridgehead atoms. The molecule has 0 radical (unpaired) electrons. The lowest BCUT2D eigenvalue weighted by Gasteiger charge is -2.28. The Bertz CT molecular complexity index is 551. The number of nitrogens with one attached hydrogen (secondary N) is 2. The van der Waals surface area contributed by atoms with Gasteiger partial charge in [0.1, 0.15) is 0 Å². The Labute approximate surface area is 131 Å². The fourth-order valence-electron chi connectivity index (χ4n) is 2.72. The number of hydrogen-bond acceptors (Lipinski definition) is 3. The first-order valence-electron chi connectivity index (χ1n) is 7.57. The topological polar surface area (TPSA) is 87.5 Å². The fraction of sp³-hybridized carbons (Fsp3) is 0.500. The molecule has 6 heteroatoms. The Morgan fingerprint density at radius 2 is 1.95 bits per heavy atom. The third-order valence-corrected chi connectivity index (χ3v) is 4.11. The molecule has 0 aliphatic heterocycles. The van der Waals surface area contributed by atoms with Crippen molar-refractivity contribution in [3.8, 4) is 0 Å². The molecule has 0 saturated heterocycles. The fourth-order valence-corrected chi connectivity index (χ4v) is 2.72. The molecular weight excluding hydrogens is 280 g/mol. The molecule has 0 unspecified atom stereocenters. The van der Waals surface area contributed by atoms with Gasteiger partial charge in [0.05, 0.1) is 5.54 Å². The quantitative estimate of drug-likeness (QED) is 0.792. The standard InChI is InChI=1S/C16H24N4O2/c1-20(2)15(22)18-13-7-5-6-12(10-13)14(21)19-16(11-17)8-3-4-9-16/h5-7,10H,3-4,8-9,11,17H2,1-2H3,(H,18,22)(H,19,21). The Morgan fingerprint density at radius 1 is 1.27 bits per heavy atom. The minimum absolute atomic E-state index is 0.145. The summed E-state index contributed by atoms with van der Waals surface area (Å²) >= 11 is 0. The molecule has 1 saturated carbocycles. The zero-order valence-corrected chi connectivity index (χ0v) is 13.2. The summed E-state index contributed by atoms with van der Waals surface area (Å²) in [5.74, 6) is -0.145. The van der Waals surface area contributed by atoms with E-state index in [-0.39, 0.29) is 17.5 Å². The van der Waals surface area contributed by atoms with E-state index < -0.39 is 0 Å². The average molecular weight is 304 g/mol. The van der Waals surface area contributed by atoms with Crippen LogP contribution in [0.2, 0.25) is 0 Å². The van der Waals surface area contributed by atoms with Gasteiger partial charge in [0.15, 0.2) is 0 Å². The molecular formula is C16H24N4O2. The summed E-state index contributed by atoms with van der Waals surface area (Å²) in [6.07, 6.45) is 4.03. The summed E-state index contributed by atoms with van der Waals surface area (Å²) in [7, 11) is 3.33. The van der Waals surface area contributed by atoms with Crippen LogP contribution in [-0.2, 0) is 0 Å². The first-order valence-corrected chi connectivity index (χ1v) is 7.57. The molecule has 0 spiro atoms. The molecule has 1 aromatic rings. The number of rotatable bonds is 4. The Hall–Kier alpha value is -2.08. The van der Waals surface area contributed by atoms with E-state index in [1.165, 1.54) is 4.90 Å². The lowest BCUT2D eigenvalue weighted by atomic mass is 9.97. The minimum atomic E-state index is -0.278. The molecule has 0 heterocycles. The van der Waals surface area contributed by atoms with Crippen LogP contribution in [0.5, 0.6) is 0 Å². The van der Waals surface area contributed by atoms with E-state index in [0.29, 0.717) is 17.8 Å². The van der Waals surface area contributed by atoms with Crippen molar-refractivity contribution in [1.29, 1.82) is 0 Å². The van der Waals surface area contributed by atoms with Crippen LogP contribution in [-0.4, -0.2) is 43.0 Å². The maximum atomic E-state index is 12.4. The highest BCUT2D eigenvalue weighted by Crippen LogP contribution is 2.29. The monoisotopic (exact) mass is 304 g/mol. The van der Waals surface area contributed by atoms with Gasteiger partial charge in [-0.3, -0.25) is 4.79 Å². The SMILES string of the molecule is CN(C)C(=O)Nc1cccc(C(=O)NC2(CN)CCCC2)c1. The summed E-state index contributed by atoms with van der Waals surface area (Å²) in [6.45, 7) is 0.454. The first-order chi connectivity index (χ1) is 10.5. The smallest absolute Gasteiger partial charge is 0.321 e. The second kappa shape index (κ2) is 6.79. The van der Waals surface area contributed by atoms with E-state index in [0.717, 1.165) is 25.7 Å². The molecule has 3 amide bonds. The van der Waals surface area contributed by atoms with Crippen molar-refractivity contribution in [2.24, 2.45) is 5.73 Å². The van der Waals surface area contributed by atoms with Crippen molar-refractivity contribution in [1.82, 2.24) is 10.2 Å². The van der Waals surface area contributed by atoms with Gasteiger partial charge in [-0.05, 0) is 31.0 Å². The van der Waals surface area contributed by atoms with Gasteiger partial charge >= 0.3 is 6.03 Å². The van der Waals surface area contributed by atoms with Crippen molar-refractivity contribution < 1.29 is 9.59 Å². The predicted octanol–water partition coefficient (Wildman–Crippen LogP) is 1.78. The zero-order valence-electron chi connectivity index (χ0n) is 13.2. The van der Waals surface area contributed by atoms with Gasteiger partial charge < -0.3 is 21.3 Å². The lowest BCUT2D eigenvalue weighted by molar-refractivity contribution is 0.0903. The summed E-state index contributed by atoms with van der Waals surface area (Å²) < 4.78 is 0. The third kappa shape index (κ3) is 3.76. The number of carbonyl (C=O) groups is 2. The van der Waals surface area contributed by atoms with Gasteiger partial charge in [-0.25, -0.2) is 4.79 Å².